The molecule has 2 saturated heterocycles. The van der Waals surface area contributed by atoms with Gasteiger partial charge in [0, 0.05) is 13.0 Å². The molecule has 264 valence electrons. The van der Waals surface area contributed by atoms with E-state index in [1.807, 2.05) is 6.08 Å². The molecule has 0 bridgehead atoms. The maximum atomic E-state index is 11.7. The first-order valence-corrected chi connectivity index (χ1v) is 17.1. The zero-order chi connectivity index (χ0) is 33.4. The van der Waals surface area contributed by atoms with Crippen LogP contribution in [-0.2, 0) is 33.9 Å². The lowest BCUT2D eigenvalue weighted by Gasteiger charge is -2.45. The Balaban J connectivity index is 1.64. The van der Waals surface area contributed by atoms with E-state index in [-0.39, 0.29) is 31.2 Å². The SMILES string of the molecule is O=C(CCCCCCC/C=C\CCCOC1OC(CO)C(O)C(O)C1OC1OC(CO)C(O)C(O)C1O)NCCCS(=O)(=O)O. The third-order valence-corrected chi connectivity index (χ3v) is 8.41. The Morgan fingerprint density at radius 2 is 1.31 bits per heavy atom. The molecule has 0 aromatic heterocycles. The number of carbonyl (C=O) groups excluding carboxylic acids is 1. The Bertz CT molecular complexity index is 968. The van der Waals surface area contributed by atoms with Crippen LogP contribution in [0.25, 0.3) is 0 Å². The molecule has 9 N–H and O–H groups in total. The highest BCUT2D eigenvalue weighted by Crippen LogP contribution is 2.29. The van der Waals surface area contributed by atoms with Crippen molar-refractivity contribution in [2.45, 2.75) is 126 Å². The number of unbranched alkanes of at least 4 members (excludes halogenated alkanes) is 6. The number of rotatable bonds is 21. The topological polar surface area (TPSA) is 262 Å². The number of amides is 1. The molecule has 10 atom stereocenters. The van der Waals surface area contributed by atoms with Crippen LogP contribution >= 0.6 is 0 Å². The first-order chi connectivity index (χ1) is 21.4. The van der Waals surface area contributed by atoms with E-state index in [2.05, 4.69) is 11.4 Å². The molecule has 16 nitrogen and oxygen atoms in total. The lowest BCUT2D eigenvalue weighted by Crippen LogP contribution is -2.64. The van der Waals surface area contributed by atoms with Crippen LogP contribution < -0.4 is 5.32 Å². The number of hydrogen-bond donors (Lipinski definition) is 9. The van der Waals surface area contributed by atoms with Crippen molar-refractivity contribution in [1.82, 2.24) is 5.32 Å². The number of ether oxygens (including phenoxy) is 4. The van der Waals surface area contributed by atoms with Crippen LogP contribution in [0.1, 0.15) is 64.2 Å². The van der Waals surface area contributed by atoms with Crippen molar-refractivity contribution in [3.63, 3.8) is 0 Å². The molecule has 0 aromatic carbocycles. The van der Waals surface area contributed by atoms with Gasteiger partial charge in [-0.15, -0.1) is 0 Å². The highest BCUT2D eigenvalue weighted by Gasteiger charge is 2.50. The normalized spacial score (nSPS) is 32.6. The Hall–Kier alpha value is -1.32. The molecule has 2 fully saturated rings. The van der Waals surface area contributed by atoms with Crippen molar-refractivity contribution in [2.24, 2.45) is 0 Å². The van der Waals surface area contributed by atoms with E-state index in [0.29, 0.717) is 19.3 Å². The van der Waals surface area contributed by atoms with Gasteiger partial charge >= 0.3 is 0 Å². The second kappa shape index (κ2) is 20.8. The van der Waals surface area contributed by atoms with E-state index in [4.69, 9.17) is 23.5 Å². The lowest BCUT2D eigenvalue weighted by molar-refractivity contribution is -0.367. The Morgan fingerprint density at radius 1 is 0.733 bits per heavy atom. The molecule has 10 unspecified atom stereocenters. The van der Waals surface area contributed by atoms with E-state index in [1.165, 1.54) is 0 Å². The fourth-order valence-electron chi connectivity index (χ4n) is 4.96. The summed E-state index contributed by atoms with van der Waals surface area (Å²) in [5.41, 5.74) is 0. The van der Waals surface area contributed by atoms with Gasteiger partial charge in [-0.25, -0.2) is 0 Å². The van der Waals surface area contributed by atoms with Gasteiger partial charge in [-0.2, -0.15) is 8.42 Å². The van der Waals surface area contributed by atoms with Crippen molar-refractivity contribution >= 4 is 16.0 Å². The molecule has 2 heterocycles. The molecular weight excluding hydrogens is 622 g/mol. The Labute approximate surface area is 263 Å². The van der Waals surface area contributed by atoms with Crippen LogP contribution in [0.3, 0.4) is 0 Å². The zero-order valence-corrected chi connectivity index (χ0v) is 26.2. The van der Waals surface area contributed by atoms with E-state index in [0.717, 1.165) is 38.5 Å². The number of aliphatic hydroxyl groups is 7. The fourth-order valence-corrected chi connectivity index (χ4v) is 5.46. The molecule has 0 saturated carbocycles. The number of aliphatic hydroxyl groups excluding tert-OH is 7. The summed E-state index contributed by atoms with van der Waals surface area (Å²) in [5, 5.41) is 72.9. The molecule has 0 spiro atoms. The predicted octanol–water partition coefficient (Wildman–Crippen LogP) is -1.91. The lowest BCUT2D eigenvalue weighted by atomic mass is 9.97. The van der Waals surface area contributed by atoms with Gasteiger partial charge in [0.05, 0.1) is 25.6 Å². The van der Waals surface area contributed by atoms with Crippen LogP contribution in [0.2, 0.25) is 0 Å². The highest BCUT2D eigenvalue weighted by atomic mass is 32.2. The van der Waals surface area contributed by atoms with Gasteiger partial charge in [-0.1, -0.05) is 31.4 Å². The average Bonchev–Trinajstić information content (AvgIpc) is 3.00. The summed E-state index contributed by atoms with van der Waals surface area (Å²) < 4.78 is 52.2. The predicted molar refractivity (Wildman–Crippen MR) is 157 cm³/mol. The molecule has 17 heteroatoms. The number of nitrogens with one attached hydrogen (secondary N) is 1. The van der Waals surface area contributed by atoms with Gasteiger partial charge in [0.2, 0.25) is 5.91 Å². The minimum absolute atomic E-state index is 0.133. The summed E-state index contributed by atoms with van der Waals surface area (Å²) in [6.07, 6.45) is -3.47. The smallest absolute Gasteiger partial charge is 0.264 e. The molecule has 0 radical (unpaired) electrons. The molecule has 2 rings (SSSR count). The summed E-state index contributed by atoms with van der Waals surface area (Å²) in [6, 6.07) is 0. The van der Waals surface area contributed by atoms with Gasteiger partial charge in [0.1, 0.15) is 48.8 Å². The number of allylic oxidation sites excluding steroid dienone is 2. The van der Waals surface area contributed by atoms with Crippen LogP contribution in [0.15, 0.2) is 12.2 Å². The Morgan fingerprint density at radius 3 is 1.96 bits per heavy atom. The zero-order valence-electron chi connectivity index (χ0n) is 25.4. The summed E-state index contributed by atoms with van der Waals surface area (Å²) in [4.78, 5) is 11.7. The fraction of sp³-hybridized carbons (Fsp3) is 0.893. The van der Waals surface area contributed by atoms with Gasteiger partial charge in [0.25, 0.3) is 10.1 Å². The van der Waals surface area contributed by atoms with Crippen molar-refractivity contribution in [3.05, 3.63) is 12.2 Å². The molecule has 0 aromatic rings. The van der Waals surface area contributed by atoms with Crippen LogP contribution in [0, 0.1) is 0 Å². The monoisotopic (exact) mass is 673 g/mol. The summed E-state index contributed by atoms with van der Waals surface area (Å²) in [7, 11) is -4.00. The summed E-state index contributed by atoms with van der Waals surface area (Å²) in [6.45, 7) is -0.905. The summed E-state index contributed by atoms with van der Waals surface area (Å²) in [5.74, 6) is -0.508. The van der Waals surface area contributed by atoms with E-state index in [1.54, 1.807) is 0 Å². The largest absolute Gasteiger partial charge is 0.394 e. The van der Waals surface area contributed by atoms with Gasteiger partial charge in [-0.05, 0) is 38.5 Å². The first kappa shape index (κ1) is 39.9. The molecule has 45 heavy (non-hydrogen) atoms. The van der Waals surface area contributed by atoms with Crippen molar-refractivity contribution < 1.29 is 72.5 Å². The van der Waals surface area contributed by atoms with Crippen LogP contribution in [0.5, 0.6) is 0 Å². The number of carbonyl (C=O) groups is 1. The van der Waals surface area contributed by atoms with Crippen molar-refractivity contribution in [3.8, 4) is 0 Å². The van der Waals surface area contributed by atoms with Crippen LogP contribution in [0.4, 0.5) is 0 Å². The third-order valence-electron chi connectivity index (χ3n) is 7.60. The third kappa shape index (κ3) is 14.1. The molecular formula is C28H51NO15S. The van der Waals surface area contributed by atoms with Gasteiger partial charge < -0.3 is 60.0 Å². The van der Waals surface area contributed by atoms with Crippen molar-refractivity contribution in [2.75, 3.05) is 32.1 Å². The molecule has 2 aliphatic rings. The molecule has 1 amide bonds. The molecule has 0 aliphatic carbocycles. The van der Waals surface area contributed by atoms with E-state index in [9.17, 15) is 49.0 Å². The standard InChI is InChI=1S/C28H51NO15S/c30-16-18-21(33)23(35)25(37)27(42-18)44-26-24(36)22(34)19(17-31)43-28(26)41-14-10-8-6-4-2-1-3-5-7-9-12-20(32)29-13-11-15-45(38,39)40/h4,6,18-19,21-28,30-31,33-37H,1-3,5,7-17H2,(H,29,32)(H,38,39,40)/b6-4-. The number of hydrogen-bond acceptors (Lipinski definition) is 14. The average molecular weight is 674 g/mol. The first-order valence-electron chi connectivity index (χ1n) is 15.5. The van der Waals surface area contributed by atoms with Gasteiger partial charge in [-0.3, -0.25) is 9.35 Å². The maximum Gasteiger partial charge on any atom is 0.264 e. The maximum absolute atomic E-state index is 11.7. The minimum Gasteiger partial charge on any atom is -0.394 e. The van der Waals surface area contributed by atoms with E-state index >= 15 is 0 Å². The molecule has 2 aliphatic heterocycles. The summed E-state index contributed by atoms with van der Waals surface area (Å²) >= 11 is 0. The minimum atomic E-state index is -4.00. The van der Waals surface area contributed by atoms with Crippen molar-refractivity contribution in [1.29, 1.82) is 0 Å². The second-order valence-electron chi connectivity index (χ2n) is 11.3. The van der Waals surface area contributed by atoms with Crippen LogP contribution in [-0.4, -0.2) is 148 Å². The Kier molecular flexibility index (Phi) is 18.4. The highest BCUT2D eigenvalue weighted by molar-refractivity contribution is 7.85. The quantitative estimate of drug-likeness (QED) is 0.0366. The second-order valence-corrected chi connectivity index (χ2v) is 12.9. The van der Waals surface area contributed by atoms with Gasteiger partial charge in [0.15, 0.2) is 12.6 Å². The van der Waals surface area contributed by atoms with E-state index < -0.39 is 84.7 Å².